The molecule has 0 aromatic carbocycles. The first-order valence-electron chi connectivity index (χ1n) is 5.93. The van der Waals surface area contributed by atoms with Crippen molar-refractivity contribution in [3.8, 4) is 0 Å². The molecule has 1 amide bonds. The molecule has 96 valence electrons. The Balaban J connectivity index is 0.00000225. The summed E-state index contributed by atoms with van der Waals surface area (Å²) in [6.45, 7) is 8.28. The minimum absolute atomic E-state index is 0. The molecular weight excluding hydrogens is 224 g/mol. The number of hydrogen-bond donors (Lipinski definition) is 1. The first-order chi connectivity index (χ1) is 6.98. The van der Waals surface area contributed by atoms with Gasteiger partial charge in [-0.05, 0) is 18.9 Å². The summed E-state index contributed by atoms with van der Waals surface area (Å²) in [5.41, 5.74) is 0.148. The van der Waals surface area contributed by atoms with Gasteiger partial charge in [-0.3, -0.25) is 4.79 Å². The van der Waals surface area contributed by atoms with Crippen LogP contribution < -0.4 is 5.32 Å². The van der Waals surface area contributed by atoms with Gasteiger partial charge in [0.15, 0.2) is 0 Å². The molecule has 0 saturated carbocycles. The molecule has 16 heavy (non-hydrogen) atoms. The number of hydrogen-bond acceptors (Lipinski definition) is 2. The second-order valence-corrected chi connectivity index (χ2v) is 5.31. The average molecular weight is 249 g/mol. The average Bonchev–Trinajstić information content (AvgIpc) is 2.65. The van der Waals surface area contributed by atoms with Gasteiger partial charge in [0.1, 0.15) is 0 Å². The van der Waals surface area contributed by atoms with Crippen molar-refractivity contribution in [2.24, 2.45) is 5.41 Å². The number of likely N-dealkylation sites (tertiary alicyclic amines) is 1. The lowest BCUT2D eigenvalue weighted by Crippen LogP contribution is -2.35. The molecule has 0 radical (unpaired) electrons. The van der Waals surface area contributed by atoms with Crippen LogP contribution >= 0.6 is 12.4 Å². The summed E-state index contributed by atoms with van der Waals surface area (Å²) >= 11 is 0. The fourth-order valence-electron chi connectivity index (χ4n) is 1.87. The highest BCUT2D eigenvalue weighted by molar-refractivity contribution is 5.85. The van der Waals surface area contributed by atoms with E-state index >= 15 is 0 Å². The van der Waals surface area contributed by atoms with Crippen molar-refractivity contribution in [2.75, 3.05) is 20.1 Å². The Morgan fingerprint density at radius 3 is 2.56 bits per heavy atom. The van der Waals surface area contributed by atoms with Gasteiger partial charge in [0, 0.05) is 25.6 Å². The van der Waals surface area contributed by atoms with Gasteiger partial charge in [-0.1, -0.05) is 27.2 Å². The number of likely N-dealkylation sites (N-methyl/N-ethyl adjacent to an activating group) is 1. The smallest absolute Gasteiger partial charge is 0.223 e. The predicted molar refractivity (Wildman–Crippen MR) is 70.0 cm³/mol. The highest BCUT2D eigenvalue weighted by atomic mass is 35.5. The maximum absolute atomic E-state index is 12.0. The number of rotatable bonds is 4. The van der Waals surface area contributed by atoms with Crippen LogP contribution in [0.5, 0.6) is 0 Å². The monoisotopic (exact) mass is 248 g/mol. The molecule has 3 nitrogen and oxygen atoms in total. The zero-order valence-electron chi connectivity index (χ0n) is 10.9. The van der Waals surface area contributed by atoms with E-state index in [-0.39, 0.29) is 17.8 Å². The topological polar surface area (TPSA) is 32.3 Å². The van der Waals surface area contributed by atoms with E-state index in [2.05, 4.69) is 26.1 Å². The molecule has 1 heterocycles. The van der Waals surface area contributed by atoms with E-state index in [4.69, 9.17) is 0 Å². The van der Waals surface area contributed by atoms with E-state index in [1.807, 2.05) is 11.9 Å². The molecule has 1 fully saturated rings. The third-order valence-electron chi connectivity index (χ3n) is 3.54. The summed E-state index contributed by atoms with van der Waals surface area (Å²) in [5.74, 6) is 0.319. The Morgan fingerprint density at radius 1 is 1.50 bits per heavy atom. The molecule has 1 saturated heterocycles. The lowest BCUT2D eigenvalue weighted by atomic mass is 9.86. The fourth-order valence-corrected chi connectivity index (χ4v) is 1.87. The van der Waals surface area contributed by atoms with Crippen LogP contribution in [-0.4, -0.2) is 37.0 Å². The molecule has 1 rings (SSSR count). The first kappa shape index (κ1) is 15.7. The van der Waals surface area contributed by atoms with Crippen LogP contribution in [0.15, 0.2) is 0 Å². The molecule has 1 N–H and O–H groups in total. The highest BCUT2D eigenvalue weighted by Gasteiger charge is 2.28. The molecule has 1 aliphatic heterocycles. The highest BCUT2D eigenvalue weighted by Crippen LogP contribution is 2.26. The molecule has 0 aliphatic carbocycles. The third kappa shape index (κ3) is 4.30. The van der Waals surface area contributed by atoms with E-state index in [9.17, 15) is 4.79 Å². The second-order valence-electron chi connectivity index (χ2n) is 5.31. The zero-order chi connectivity index (χ0) is 11.5. The van der Waals surface area contributed by atoms with Crippen molar-refractivity contribution in [1.82, 2.24) is 10.2 Å². The van der Waals surface area contributed by atoms with Crippen LogP contribution in [0.1, 0.15) is 40.0 Å². The second kappa shape index (κ2) is 6.45. The largest absolute Gasteiger partial charge is 0.341 e. The van der Waals surface area contributed by atoms with Gasteiger partial charge in [0.2, 0.25) is 5.91 Å². The molecular formula is C12H25ClN2O. The molecule has 0 aromatic heterocycles. The van der Waals surface area contributed by atoms with Gasteiger partial charge in [-0.15, -0.1) is 12.4 Å². The van der Waals surface area contributed by atoms with E-state index in [0.717, 1.165) is 25.9 Å². The van der Waals surface area contributed by atoms with Gasteiger partial charge >= 0.3 is 0 Å². The van der Waals surface area contributed by atoms with Crippen molar-refractivity contribution in [1.29, 1.82) is 0 Å². The van der Waals surface area contributed by atoms with Crippen LogP contribution in [-0.2, 0) is 4.79 Å². The fraction of sp³-hybridized carbons (Fsp3) is 0.917. The van der Waals surface area contributed by atoms with Crippen LogP contribution in [0.3, 0.4) is 0 Å². The Hall–Kier alpha value is -0.280. The van der Waals surface area contributed by atoms with Gasteiger partial charge in [0.05, 0.1) is 0 Å². The van der Waals surface area contributed by atoms with Crippen LogP contribution in [0, 0.1) is 5.41 Å². The quantitative estimate of drug-likeness (QED) is 0.826. The van der Waals surface area contributed by atoms with E-state index < -0.39 is 0 Å². The predicted octanol–water partition coefficient (Wildman–Crippen LogP) is 2.05. The van der Waals surface area contributed by atoms with Crippen molar-refractivity contribution in [3.63, 3.8) is 0 Å². The Labute approximate surface area is 105 Å². The van der Waals surface area contributed by atoms with E-state index in [1.165, 1.54) is 0 Å². The number of carbonyl (C=O) groups is 1. The van der Waals surface area contributed by atoms with E-state index in [1.54, 1.807) is 0 Å². The molecule has 4 heteroatoms. The summed E-state index contributed by atoms with van der Waals surface area (Å²) in [7, 11) is 1.97. The number of amides is 1. The zero-order valence-corrected chi connectivity index (χ0v) is 11.7. The van der Waals surface area contributed by atoms with Crippen molar-refractivity contribution in [2.45, 2.75) is 46.1 Å². The standard InChI is InChI=1S/C12H24N2O.ClH/c1-5-12(2,3)8-11(15)14-7-6-10(9-14)13-4;/h10,13H,5-9H2,1-4H3;1H. The van der Waals surface area contributed by atoms with Gasteiger partial charge in [-0.2, -0.15) is 0 Å². The number of nitrogens with one attached hydrogen (secondary N) is 1. The van der Waals surface area contributed by atoms with Gasteiger partial charge in [-0.25, -0.2) is 0 Å². The number of nitrogens with zero attached hydrogens (tertiary/aromatic N) is 1. The Morgan fingerprint density at radius 2 is 2.12 bits per heavy atom. The Kier molecular flexibility index (Phi) is 6.34. The Bertz CT molecular complexity index is 231. The lowest BCUT2D eigenvalue weighted by Gasteiger charge is -2.25. The molecule has 1 atom stereocenters. The molecule has 1 unspecified atom stereocenters. The maximum Gasteiger partial charge on any atom is 0.223 e. The van der Waals surface area contributed by atoms with Crippen LogP contribution in [0.2, 0.25) is 0 Å². The molecule has 0 spiro atoms. The summed E-state index contributed by atoms with van der Waals surface area (Å²) < 4.78 is 0. The van der Waals surface area contributed by atoms with Crippen LogP contribution in [0.4, 0.5) is 0 Å². The molecule has 0 aromatic rings. The first-order valence-corrected chi connectivity index (χ1v) is 5.93. The summed E-state index contributed by atoms with van der Waals surface area (Å²) in [6, 6.07) is 0.499. The maximum atomic E-state index is 12.0. The lowest BCUT2D eigenvalue weighted by molar-refractivity contribution is -0.132. The number of carbonyl (C=O) groups excluding carboxylic acids is 1. The van der Waals surface area contributed by atoms with Crippen LogP contribution in [0.25, 0.3) is 0 Å². The van der Waals surface area contributed by atoms with Crippen molar-refractivity contribution >= 4 is 18.3 Å². The van der Waals surface area contributed by atoms with E-state index in [0.29, 0.717) is 18.4 Å². The van der Waals surface area contributed by atoms with Crippen molar-refractivity contribution < 1.29 is 4.79 Å². The normalized spacial score (nSPS) is 20.8. The van der Waals surface area contributed by atoms with Gasteiger partial charge < -0.3 is 10.2 Å². The van der Waals surface area contributed by atoms with Gasteiger partial charge in [0.25, 0.3) is 0 Å². The summed E-state index contributed by atoms with van der Waals surface area (Å²) in [5, 5.41) is 3.23. The summed E-state index contributed by atoms with van der Waals surface area (Å²) in [4.78, 5) is 14.0. The number of halogens is 1. The minimum Gasteiger partial charge on any atom is -0.341 e. The summed E-state index contributed by atoms with van der Waals surface area (Å²) in [6.07, 6.45) is 2.83. The van der Waals surface area contributed by atoms with Crippen molar-refractivity contribution in [3.05, 3.63) is 0 Å². The molecule has 1 aliphatic rings. The SMILES string of the molecule is CCC(C)(C)CC(=O)N1CCC(NC)C1.Cl. The third-order valence-corrected chi connectivity index (χ3v) is 3.54. The molecule has 0 bridgehead atoms. The minimum atomic E-state index is 0.